The van der Waals surface area contributed by atoms with Gasteiger partial charge in [-0.3, -0.25) is 29.3 Å². The molecule has 3 unspecified atom stereocenters. The first kappa shape index (κ1) is 35.1. The molecule has 0 aliphatic rings. The zero-order valence-electron chi connectivity index (χ0n) is 25.5. The Morgan fingerprint density at radius 1 is 0.837 bits per heavy atom. The SMILES string of the molecule is CCCCC(=O)NC(Cc1ccccc1)C(=O)NC(C)C(=O)COCNC(Cc1ccccc1)C(=O)NC(C)(C)C(N)=O. The average molecular weight is 596 g/mol. The van der Waals surface area contributed by atoms with Gasteiger partial charge < -0.3 is 26.4 Å². The van der Waals surface area contributed by atoms with Crippen molar-refractivity contribution in [1.82, 2.24) is 21.3 Å². The largest absolute Gasteiger partial charge is 0.368 e. The van der Waals surface area contributed by atoms with Gasteiger partial charge in [-0.05, 0) is 44.7 Å². The molecule has 3 atom stereocenters. The molecular weight excluding hydrogens is 550 g/mol. The lowest BCUT2D eigenvalue weighted by Crippen LogP contribution is -2.58. The van der Waals surface area contributed by atoms with E-state index in [2.05, 4.69) is 21.3 Å². The Balaban J connectivity index is 1.94. The molecule has 2 aromatic carbocycles. The fourth-order valence-corrected chi connectivity index (χ4v) is 4.06. The lowest BCUT2D eigenvalue weighted by Gasteiger charge is -2.26. The quantitative estimate of drug-likeness (QED) is 0.121. The van der Waals surface area contributed by atoms with Gasteiger partial charge >= 0.3 is 0 Å². The average Bonchev–Trinajstić information content (AvgIpc) is 2.97. The number of unbranched alkanes of at least 4 members (excludes halogenated alkanes) is 1. The first-order chi connectivity index (χ1) is 20.4. The fraction of sp³-hybridized carbons (Fsp3) is 0.469. The summed E-state index contributed by atoms with van der Waals surface area (Å²) in [5.74, 6) is -2.20. The molecule has 6 N–H and O–H groups in total. The van der Waals surface area contributed by atoms with Crippen LogP contribution in [0.25, 0.3) is 0 Å². The van der Waals surface area contributed by atoms with Gasteiger partial charge in [0.05, 0.1) is 18.8 Å². The van der Waals surface area contributed by atoms with E-state index in [1.54, 1.807) is 6.92 Å². The molecule has 234 valence electrons. The summed E-state index contributed by atoms with van der Waals surface area (Å²) < 4.78 is 5.51. The molecule has 4 amide bonds. The van der Waals surface area contributed by atoms with Crippen molar-refractivity contribution in [3.63, 3.8) is 0 Å². The highest BCUT2D eigenvalue weighted by Crippen LogP contribution is 2.08. The molecule has 2 rings (SSSR count). The van der Waals surface area contributed by atoms with Crippen LogP contribution in [0.15, 0.2) is 60.7 Å². The molecule has 0 aromatic heterocycles. The van der Waals surface area contributed by atoms with Gasteiger partial charge in [0.15, 0.2) is 5.78 Å². The number of hydrogen-bond acceptors (Lipinski definition) is 7. The maximum Gasteiger partial charge on any atom is 0.243 e. The second-order valence-corrected chi connectivity index (χ2v) is 11.0. The zero-order valence-corrected chi connectivity index (χ0v) is 25.5. The summed E-state index contributed by atoms with van der Waals surface area (Å²) >= 11 is 0. The van der Waals surface area contributed by atoms with Crippen LogP contribution in [-0.2, 0) is 41.6 Å². The molecule has 0 aliphatic heterocycles. The predicted molar refractivity (Wildman–Crippen MR) is 164 cm³/mol. The van der Waals surface area contributed by atoms with Crippen LogP contribution in [0, 0.1) is 0 Å². The van der Waals surface area contributed by atoms with Gasteiger partial charge in [-0.1, -0.05) is 74.0 Å². The van der Waals surface area contributed by atoms with E-state index >= 15 is 0 Å². The molecule has 0 fully saturated rings. The highest BCUT2D eigenvalue weighted by atomic mass is 16.5. The summed E-state index contributed by atoms with van der Waals surface area (Å²) in [5, 5.41) is 11.1. The standard InChI is InChI=1S/C32H45N5O6/c1-5-6-17-28(39)36-26(19-24-15-11-8-12-16-24)29(40)35-22(2)27(38)20-43-21-34-25(18-23-13-9-7-10-14-23)30(41)37-32(3,4)31(33)42/h7-16,22,25-26,34H,5-6,17-21H2,1-4H3,(H2,33,42)(H,35,40)(H,36,39)(H,37,41). The van der Waals surface area contributed by atoms with Crippen LogP contribution in [0.1, 0.15) is 58.1 Å². The van der Waals surface area contributed by atoms with Crippen LogP contribution < -0.4 is 27.0 Å². The van der Waals surface area contributed by atoms with Crippen molar-refractivity contribution in [1.29, 1.82) is 0 Å². The van der Waals surface area contributed by atoms with Gasteiger partial charge in [-0.15, -0.1) is 0 Å². The first-order valence-corrected chi connectivity index (χ1v) is 14.6. The third-order valence-corrected chi connectivity index (χ3v) is 6.86. The van der Waals surface area contributed by atoms with E-state index in [4.69, 9.17) is 10.5 Å². The Labute approximate surface area is 253 Å². The molecule has 0 heterocycles. The second-order valence-electron chi connectivity index (χ2n) is 11.0. The molecule has 2 aromatic rings. The van der Waals surface area contributed by atoms with E-state index < -0.39 is 41.4 Å². The monoisotopic (exact) mass is 595 g/mol. The van der Waals surface area contributed by atoms with Crippen molar-refractivity contribution in [3.8, 4) is 0 Å². The molecule has 0 radical (unpaired) electrons. The van der Waals surface area contributed by atoms with Crippen molar-refractivity contribution in [2.75, 3.05) is 13.3 Å². The van der Waals surface area contributed by atoms with Crippen LogP contribution in [0.3, 0.4) is 0 Å². The highest BCUT2D eigenvalue weighted by molar-refractivity contribution is 5.93. The van der Waals surface area contributed by atoms with Crippen LogP contribution in [0.2, 0.25) is 0 Å². The van der Waals surface area contributed by atoms with Crippen LogP contribution in [-0.4, -0.2) is 66.4 Å². The summed E-state index contributed by atoms with van der Waals surface area (Å²) in [6.45, 7) is 6.09. The minimum Gasteiger partial charge on any atom is -0.368 e. The number of nitrogens with one attached hydrogen (secondary N) is 4. The van der Waals surface area contributed by atoms with E-state index in [0.717, 1.165) is 17.5 Å². The van der Waals surface area contributed by atoms with E-state index in [9.17, 15) is 24.0 Å². The van der Waals surface area contributed by atoms with Crippen molar-refractivity contribution in [2.24, 2.45) is 5.73 Å². The first-order valence-electron chi connectivity index (χ1n) is 14.6. The van der Waals surface area contributed by atoms with E-state index in [1.807, 2.05) is 67.6 Å². The van der Waals surface area contributed by atoms with E-state index in [-0.39, 0.29) is 31.4 Å². The topological polar surface area (TPSA) is 169 Å². The van der Waals surface area contributed by atoms with Crippen molar-refractivity contribution in [2.45, 2.75) is 83.5 Å². The number of hydrogen-bond donors (Lipinski definition) is 5. The summed E-state index contributed by atoms with van der Waals surface area (Å²) in [7, 11) is 0. The summed E-state index contributed by atoms with van der Waals surface area (Å²) in [6, 6.07) is 16.1. The number of ether oxygens (including phenoxy) is 1. The maximum atomic E-state index is 13.1. The zero-order chi connectivity index (χ0) is 31.8. The minimum absolute atomic E-state index is 0.140. The van der Waals surface area contributed by atoms with Crippen molar-refractivity contribution >= 4 is 29.4 Å². The highest BCUT2D eigenvalue weighted by Gasteiger charge is 2.30. The normalized spacial score (nSPS) is 13.3. The lowest BCUT2D eigenvalue weighted by molar-refractivity contribution is -0.133. The Hall–Kier alpha value is -4.09. The fourth-order valence-electron chi connectivity index (χ4n) is 4.06. The van der Waals surface area contributed by atoms with Crippen LogP contribution in [0.5, 0.6) is 0 Å². The van der Waals surface area contributed by atoms with Gasteiger partial charge in [0.1, 0.15) is 18.2 Å². The van der Waals surface area contributed by atoms with Crippen LogP contribution in [0.4, 0.5) is 0 Å². The predicted octanol–water partition coefficient (Wildman–Crippen LogP) is 1.53. The number of primary amides is 1. The van der Waals surface area contributed by atoms with Gasteiger partial charge in [0.25, 0.3) is 0 Å². The van der Waals surface area contributed by atoms with Gasteiger partial charge in [-0.25, -0.2) is 0 Å². The summed E-state index contributed by atoms with van der Waals surface area (Å²) in [6.07, 6.45) is 2.46. The van der Waals surface area contributed by atoms with Crippen molar-refractivity contribution < 1.29 is 28.7 Å². The van der Waals surface area contributed by atoms with Gasteiger partial charge in [-0.2, -0.15) is 0 Å². The van der Waals surface area contributed by atoms with E-state index in [0.29, 0.717) is 19.3 Å². The van der Waals surface area contributed by atoms with Gasteiger partial charge in [0, 0.05) is 12.8 Å². The third kappa shape index (κ3) is 12.8. The van der Waals surface area contributed by atoms with Gasteiger partial charge in [0.2, 0.25) is 23.6 Å². The van der Waals surface area contributed by atoms with Crippen LogP contribution >= 0.6 is 0 Å². The molecule has 0 aliphatic carbocycles. The number of carbonyl (C=O) groups excluding carboxylic acids is 5. The second kappa shape index (κ2) is 17.8. The molecule has 11 nitrogen and oxygen atoms in total. The summed E-state index contributed by atoms with van der Waals surface area (Å²) in [5.41, 5.74) is 5.90. The Morgan fingerprint density at radius 2 is 1.40 bits per heavy atom. The number of ketones is 1. The summed E-state index contributed by atoms with van der Waals surface area (Å²) in [4.78, 5) is 62.9. The molecule has 11 heteroatoms. The molecule has 0 saturated heterocycles. The molecule has 0 saturated carbocycles. The number of nitrogens with two attached hydrogens (primary N) is 1. The molecule has 0 spiro atoms. The number of benzene rings is 2. The van der Waals surface area contributed by atoms with E-state index in [1.165, 1.54) is 13.8 Å². The third-order valence-electron chi connectivity index (χ3n) is 6.86. The maximum absolute atomic E-state index is 13.1. The van der Waals surface area contributed by atoms with Crippen molar-refractivity contribution in [3.05, 3.63) is 71.8 Å². The molecule has 43 heavy (non-hydrogen) atoms. The number of Topliss-reactive ketones (excluding diaryl/α,β-unsaturated/α-hetero) is 1. The lowest BCUT2D eigenvalue weighted by atomic mass is 10.0. The Morgan fingerprint density at radius 3 is 1.93 bits per heavy atom. The smallest absolute Gasteiger partial charge is 0.243 e. The molecular formula is C32H45N5O6. The Bertz CT molecular complexity index is 1210. The number of carbonyl (C=O) groups is 5. The molecule has 0 bridgehead atoms. The minimum atomic E-state index is -1.26. The number of rotatable bonds is 19. The number of amides is 4. The Kier molecular flexibility index (Phi) is 14.5.